The zero-order valence-corrected chi connectivity index (χ0v) is 22.8. The third kappa shape index (κ3) is 8.55. The maximum Gasteiger partial charge on any atom is 0.242 e. The lowest BCUT2D eigenvalue weighted by Crippen LogP contribution is -2.48. The van der Waals surface area contributed by atoms with Crippen molar-refractivity contribution in [3.8, 4) is 5.75 Å². The number of ether oxygens (including phenoxy) is 1. The molecule has 0 saturated carbocycles. The number of benzene rings is 2. The minimum atomic E-state index is -3.60. The highest BCUT2D eigenvalue weighted by molar-refractivity contribution is 7.92. The normalized spacial score (nSPS) is 12.0. The molecule has 0 bridgehead atoms. The SMILES string of the molecule is CCCCNC(=O)C(C)N(Cc1ccc(C)cc1)C(=O)CCCN(c1ccccc1OC)S(C)(=O)=O. The van der Waals surface area contributed by atoms with Crippen molar-refractivity contribution in [2.75, 3.05) is 30.8 Å². The number of methoxy groups -OCH3 is 1. The first-order chi connectivity index (χ1) is 17.1. The molecule has 1 unspecified atom stereocenters. The average molecular weight is 518 g/mol. The maximum atomic E-state index is 13.3. The van der Waals surface area contributed by atoms with Gasteiger partial charge in [0.05, 0.1) is 19.1 Å². The molecule has 2 aromatic rings. The third-order valence-electron chi connectivity index (χ3n) is 5.98. The molecule has 9 heteroatoms. The monoisotopic (exact) mass is 517 g/mol. The van der Waals surface area contributed by atoms with Crippen molar-refractivity contribution in [3.63, 3.8) is 0 Å². The van der Waals surface area contributed by atoms with Gasteiger partial charge in [-0.2, -0.15) is 0 Å². The smallest absolute Gasteiger partial charge is 0.242 e. The van der Waals surface area contributed by atoms with Crippen molar-refractivity contribution in [1.82, 2.24) is 10.2 Å². The number of carbonyl (C=O) groups excluding carboxylic acids is 2. The Balaban J connectivity index is 2.16. The standard InChI is InChI=1S/C27H39N3O5S/c1-6-7-18-28-27(32)22(3)29(20-23-16-14-21(2)15-17-23)26(31)13-10-19-30(36(5,33)34)24-11-8-9-12-25(24)35-4/h8-9,11-12,14-17,22H,6-7,10,13,18-20H2,1-5H3,(H,28,32). The number of para-hydroxylation sites is 2. The van der Waals surface area contributed by atoms with Crippen LogP contribution < -0.4 is 14.4 Å². The Kier molecular flexibility index (Phi) is 11.2. The fourth-order valence-corrected chi connectivity index (χ4v) is 4.80. The summed E-state index contributed by atoms with van der Waals surface area (Å²) in [5.41, 5.74) is 2.46. The Morgan fingerprint density at radius 1 is 1.06 bits per heavy atom. The molecule has 1 N–H and O–H groups in total. The van der Waals surface area contributed by atoms with Crippen LogP contribution in [0.4, 0.5) is 5.69 Å². The van der Waals surface area contributed by atoms with Crippen LogP contribution in [0.25, 0.3) is 0 Å². The summed E-state index contributed by atoms with van der Waals surface area (Å²) in [4.78, 5) is 27.7. The number of sulfonamides is 1. The molecule has 1 atom stereocenters. The molecule has 0 heterocycles. The summed E-state index contributed by atoms with van der Waals surface area (Å²) in [6.07, 6.45) is 3.35. The minimum Gasteiger partial charge on any atom is -0.495 e. The van der Waals surface area contributed by atoms with Gasteiger partial charge in [-0.25, -0.2) is 8.42 Å². The van der Waals surface area contributed by atoms with Crippen molar-refractivity contribution in [2.24, 2.45) is 0 Å². The van der Waals surface area contributed by atoms with E-state index in [4.69, 9.17) is 4.74 Å². The number of hydrogen-bond acceptors (Lipinski definition) is 5. The number of aryl methyl sites for hydroxylation is 1. The van der Waals surface area contributed by atoms with Gasteiger partial charge in [0, 0.05) is 26.1 Å². The van der Waals surface area contributed by atoms with Gasteiger partial charge >= 0.3 is 0 Å². The molecule has 2 amide bonds. The van der Waals surface area contributed by atoms with Crippen molar-refractivity contribution in [1.29, 1.82) is 0 Å². The van der Waals surface area contributed by atoms with Crippen LogP contribution in [0, 0.1) is 6.92 Å². The Morgan fingerprint density at radius 2 is 1.72 bits per heavy atom. The number of rotatable bonds is 14. The lowest BCUT2D eigenvalue weighted by molar-refractivity contribution is -0.140. The van der Waals surface area contributed by atoms with E-state index < -0.39 is 16.1 Å². The number of nitrogens with one attached hydrogen (secondary N) is 1. The second kappa shape index (κ2) is 13.9. The molecule has 0 aliphatic carbocycles. The van der Waals surface area contributed by atoms with E-state index in [1.807, 2.05) is 38.1 Å². The van der Waals surface area contributed by atoms with E-state index in [2.05, 4.69) is 5.32 Å². The van der Waals surface area contributed by atoms with Crippen LogP contribution in [-0.4, -0.2) is 57.6 Å². The van der Waals surface area contributed by atoms with E-state index in [0.29, 0.717) is 30.9 Å². The van der Waals surface area contributed by atoms with Gasteiger partial charge in [0.2, 0.25) is 21.8 Å². The minimum absolute atomic E-state index is 0.0968. The number of anilines is 1. The van der Waals surface area contributed by atoms with Crippen LogP contribution in [0.15, 0.2) is 48.5 Å². The van der Waals surface area contributed by atoms with E-state index in [9.17, 15) is 18.0 Å². The van der Waals surface area contributed by atoms with Crippen molar-refractivity contribution in [2.45, 2.75) is 59.0 Å². The van der Waals surface area contributed by atoms with Crippen LogP contribution in [-0.2, 0) is 26.2 Å². The zero-order valence-electron chi connectivity index (χ0n) is 22.0. The molecule has 0 aliphatic heterocycles. The molecule has 0 fully saturated rings. The van der Waals surface area contributed by atoms with Gasteiger partial charge in [-0.1, -0.05) is 55.3 Å². The second-order valence-corrected chi connectivity index (χ2v) is 10.8. The topological polar surface area (TPSA) is 96.0 Å². The maximum absolute atomic E-state index is 13.3. The van der Waals surface area contributed by atoms with Crippen molar-refractivity contribution < 1.29 is 22.7 Å². The number of hydrogen-bond donors (Lipinski definition) is 1. The molecule has 0 aromatic heterocycles. The van der Waals surface area contributed by atoms with Gasteiger partial charge in [-0.15, -0.1) is 0 Å². The van der Waals surface area contributed by atoms with Crippen LogP contribution >= 0.6 is 0 Å². The lowest BCUT2D eigenvalue weighted by atomic mass is 10.1. The first-order valence-corrected chi connectivity index (χ1v) is 14.2. The molecule has 2 aromatic carbocycles. The van der Waals surface area contributed by atoms with Gasteiger partial charge in [0.25, 0.3) is 0 Å². The second-order valence-electron chi connectivity index (χ2n) is 8.94. The largest absolute Gasteiger partial charge is 0.495 e. The number of unbranched alkanes of at least 4 members (excludes halogenated alkanes) is 1. The van der Waals surface area contributed by atoms with E-state index in [0.717, 1.165) is 30.2 Å². The van der Waals surface area contributed by atoms with E-state index in [1.165, 1.54) is 11.4 Å². The highest BCUT2D eigenvalue weighted by Crippen LogP contribution is 2.29. The average Bonchev–Trinajstić information content (AvgIpc) is 2.85. The predicted molar refractivity (Wildman–Crippen MR) is 144 cm³/mol. The van der Waals surface area contributed by atoms with Crippen LogP contribution in [0.2, 0.25) is 0 Å². The highest BCUT2D eigenvalue weighted by atomic mass is 32.2. The zero-order chi connectivity index (χ0) is 26.7. The Hall–Kier alpha value is -3.07. The molecular weight excluding hydrogens is 478 g/mol. The van der Waals surface area contributed by atoms with Crippen molar-refractivity contribution >= 4 is 27.5 Å². The fourth-order valence-electron chi connectivity index (χ4n) is 3.83. The predicted octanol–water partition coefficient (Wildman–Crippen LogP) is 3.88. The number of nitrogens with zero attached hydrogens (tertiary/aromatic N) is 2. The highest BCUT2D eigenvalue weighted by Gasteiger charge is 2.27. The van der Waals surface area contributed by atoms with Gasteiger partial charge in [-0.05, 0) is 44.4 Å². The summed E-state index contributed by atoms with van der Waals surface area (Å²) in [6, 6.07) is 14.1. The molecule has 2 rings (SSSR count). The molecule has 36 heavy (non-hydrogen) atoms. The molecule has 198 valence electrons. The van der Waals surface area contributed by atoms with Crippen LogP contribution in [0.1, 0.15) is 50.7 Å². The molecule has 0 radical (unpaired) electrons. The third-order valence-corrected chi connectivity index (χ3v) is 7.16. The summed E-state index contributed by atoms with van der Waals surface area (Å²) in [5, 5.41) is 2.91. The van der Waals surface area contributed by atoms with Crippen LogP contribution in [0.5, 0.6) is 5.75 Å². The molecular formula is C27H39N3O5S. The molecule has 8 nitrogen and oxygen atoms in total. The van der Waals surface area contributed by atoms with Crippen LogP contribution in [0.3, 0.4) is 0 Å². The summed E-state index contributed by atoms with van der Waals surface area (Å²) in [5.74, 6) is 0.0329. The number of amides is 2. The van der Waals surface area contributed by atoms with E-state index >= 15 is 0 Å². The van der Waals surface area contributed by atoms with E-state index in [-0.39, 0.29) is 24.8 Å². The Bertz CT molecular complexity index is 1100. The molecule has 0 aliphatic rings. The van der Waals surface area contributed by atoms with Crippen molar-refractivity contribution in [3.05, 3.63) is 59.7 Å². The first kappa shape index (κ1) is 29.2. The Morgan fingerprint density at radius 3 is 2.33 bits per heavy atom. The lowest BCUT2D eigenvalue weighted by Gasteiger charge is -2.29. The molecule has 0 spiro atoms. The summed E-state index contributed by atoms with van der Waals surface area (Å²) in [7, 11) is -2.11. The molecule has 0 saturated heterocycles. The summed E-state index contributed by atoms with van der Waals surface area (Å²) >= 11 is 0. The summed E-state index contributed by atoms with van der Waals surface area (Å²) in [6.45, 7) is 6.74. The van der Waals surface area contributed by atoms with Gasteiger partial charge in [0.1, 0.15) is 11.8 Å². The Labute approximate surface area is 215 Å². The summed E-state index contributed by atoms with van der Waals surface area (Å²) < 4.78 is 31.6. The quantitative estimate of drug-likeness (QED) is 0.384. The van der Waals surface area contributed by atoms with Gasteiger partial charge in [0.15, 0.2) is 0 Å². The first-order valence-electron chi connectivity index (χ1n) is 12.3. The van der Waals surface area contributed by atoms with Gasteiger partial charge in [-0.3, -0.25) is 13.9 Å². The van der Waals surface area contributed by atoms with Gasteiger partial charge < -0.3 is 15.0 Å². The fraction of sp³-hybridized carbons (Fsp3) is 0.481. The number of carbonyl (C=O) groups is 2. The van der Waals surface area contributed by atoms with E-state index in [1.54, 1.807) is 36.1 Å².